The van der Waals surface area contributed by atoms with Crippen molar-refractivity contribution in [2.24, 2.45) is 0 Å². The molecule has 1 aliphatic carbocycles. The molecule has 2 rings (SSSR count). The van der Waals surface area contributed by atoms with Crippen molar-refractivity contribution in [2.45, 2.75) is 90.0 Å². The van der Waals surface area contributed by atoms with Gasteiger partial charge in [0, 0.05) is 25.2 Å². The lowest BCUT2D eigenvalue weighted by atomic mass is 9.89. The molecule has 1 aliphatic heterocycles. The van der Waals surface area contributed by atoms with Crippen molar-refractivity contribution in [1.82, 2.24) is 9.80 Å². The maximum absolute atomic E-state index is 12.2. The first-order valence-electron chi connectivity index (χ1n) is 9.23. The molecule has 0 aromatic rings. The number of likely N-dealkylation sites (N-methyl/N-ethyl adjacent to an activating group) is 1. The molecule has 5 heteroatoms. The molecule has 23 heavy (non-hydrogen) atoms. The molecule has 2 aliphatic rings. The molecule has 0 unspecified atom stereocenters. The van der Waals surface area contributed by atoms with Crippen molar-refractivity contribution >= 4 is 6.09 Å². The lowest BCUT2D eigenvalue weighted by molar-refractivity contribution is -0.0201. The van der Waals surface area contributed by atoms with E-state index < -0.39 is 5.60 Å². The fourth-order valence-electron chi connectivity index (χ4n) is 3.95. The highest BCUT2D eigenvalue weighted by atomic mass is 16.6. The number of carbonyl (C=O) groups is 1. The van der Waals surface area contributed by atoms with Crippen LogP contribution in [0, 0.1) is 0 Å². The molecule has 0 aromatic carbocycles. The van der Waals surface area contributed by atoms with E-state index in [1.165, 1.54) is 6.42 Å². The minimum Gasteiger partial charge on any atom is -0.444 e. The number of nitrogens with zero attached hydrogens (tertiary/aromatic N) is 2. The molecule has 134 valence electrons. The zero-order valence-electron chi connectivity index (χ0n) is 15.3. The average Bonchev–Trinajstić information content (AvgIpc) is 2.49. The van der Waals surface area contributed by atoms with Gasteiger partial charge in [-0.1, -0.05) is 19.8 Å². The summed E-state index contributed by atoms with van der Waals surface area (Å²) in [4.78, 5) is 16.5. The van der Waals surface area contributed by atoms with Crippen molar-refractivity contribution < 1.29 is 14.6 Å². The van der Waals surface area contributed by atoms with E-state index in [1.807, 2.05) is 25.7 Å². The molecule has 0 aromatic heterocycles. The highest BCUT2D eigenvalue weighted by molar-refractivity contribution is 5.68. The summed E-state index contributed by atoms with van der Waals surface area (Å²) in [6.07, 6.45) is 5.94. The number of piperidine rings is 1. The van der Waals surface area contributed by atoms with Crippen LogP contribution in [-0.2, 0) is 4.74 Å². The molecule has 2 atom stereocenters. The van der Waals surface area contributed by atoms with E-state index in [-0.39, 0.29) is 12.2 Å². The van der Waals surface area contributed by atoms with Gasteiger partial charge in [-0.15, -0.1) is 0 Å². The van der Waals surface area contributed by atoms with Gasteiger partial charge in [0.2, 0.25) is 0 Å². The Morgan fingerprint density at radius 2 is 1.78 bits per heavy atom. The number of rotatable bonds is 3. The second kappa shape index (κ2) is 7.84. The fourth-order valence-corrected chi connectivity index (χ4v) is 3.95. The van der Waals surface area contributed by atoms with E-state index in [1.54, 1.807) is 0 Å². The van der Waals surface area contributed by atoms with E-state index in [9.17, 15) is 9.90 Å². The molecule has 1 amide bonds. The van der Waals surface area contributed by atoms with E-state index in [4.69, 9.17) is 4.74 Å². The smallest absolute Gasteiger partial charge is 0.410 e. The zero-order valence-corrected chi connectivity index (χ0v) is 15.3. The van der Waals surface area contributed by atoms with Crippen molar-refractivity contribution in [3.63, 3.8) is 0 Å². The number of hydrogen-bond acceptors (Lipinski definition) is 4. The molecule has 5 nitrogen and oxygen atoms in total. The van der Waals surface area contributed by atoms with Gasteiger partial charge in [0.15, 0.2) is 0 Å². The molecule has 0 spiro atoms. The summed E-state index contributed by atoms with van der Waals surface area (Å²) in [5, 5.41) is 10.3. The van der Waals surface area contributed by atoms with Crippen molar-refractivity contribution in [2.75, 3.05) is 19.6 Å². The Labute approximate surface area is 141 Å². The Bertz CT molecular complexity index is 386. The maximum atomic E-state index is 12.2. The lowest BCUT2D eigenvalue weighted by Crippen LogP contribution is -2.54. The number of hydrogen-bond donors (Lipinski definition) is 1. The standard InChI is InChI=1S/C18H34N2O3/c1-5-20(15-8-6-7-9-16(15)21)14-10-12-19(13-11-14)17(22)23-18(2,3)4/h14-16,21H,5-13H2,1-4H3/t15-,16-/m0/s1. The van der Waals surface area contributed by atoms with Crippen LogP contribution in [-0.4, -0.2) is 64.4 Å². The third-order valence-electron chi connectivity index (χ3n) is 5.07. The van der Waals surface area contributed by atoms with E-state index >= 15 is 0 Å². The Hall–Kier alpha value is -0.810. The Morgan fingerprint density at radius 3 is 2.30 bits per heavy atom. The van der Waals surface area contributed by atoms with Gasteiger partial charge in [-0.3, -0.25) is 4.90 Å². The van der Waals surface area contributed by atoms with Crippen LogP contribution in [0.4, 0.5) is 4.79 Å². The topological polar surface area (TPSA) is 53.0 Å². The van der Waals surface area contributed by atoms with Crippen LogP contribution in [0.3, 0.4) is 0 Å². The van der Waals surface area contributed by atoms with Gasteiger partial charge in [0.25, 0.3) is 0 Å². The van der Waals surface area contributed by atoms with Crippen LogP contribution in [0.1, 0.15) is 66.2 Å². The summed E-state index contributed by atoms with van der Waals surface area (Å²) in [7, 11) is 0. The predicted octanol–water partition coefficient (Wildman–Crippen LogP) is 3.01. The van der Waals surface area contributed by atoms with Crippen LogP contribution in [0.15, 0.2) is 0 Å². The van der Waals surface area contributed by atoms with Crippen LogP contribution < -0.4 is 0 Å². The molecule has 1 saturated carbocycles. The zero-order chi connectivity index (χ0) is 17.0. The van der Waals surface area contributed by atoms with Crippen LogP contribution in [0.2, 0.25) is 0 Å². The first kappa shape index (κ1) is 18.5. The van der Waals surface area contributed by atoms with Gasteiger partial charge in [0.05, 0.1) is 6.10 Å². The number of ether oxygens (including phenoxy) is 1. The highest BCUT2D eigenvalue weighted by Gasteiger charge is 2.35. The third kappa shape index (κ3) is 5.08. The Balaban J connectivity index is 1.88. The van der Waals surface area contributed by atoms with Crippen molar-refractivity contribution in [3.05, 3.63) is 0 Å². The summed E-state index contributed by atoms with van der Waals surface area (Å²) >= 11 is 0. The largest absolute Gasteiger partial charge is 0.444 e. The van der Waals surface area contributed by atoms with E-state index in [0.717, 1.165) is 51.7 Å². The molecular formula is C18H34N2O3. The second-order valence-corrected chi connectivity index (χ2v) is 7.95. The minimum atomic E-state index is -0.435. The molecule has 1 N–H and O–H groups in total. The van der Waals surface area contributed by atoms with Crippen molar-refractivity contribution in [3.8, 4) is 0 Å². The SMILES string of the molecule is CCN(C1CCN(C(=O)OC(C)(C)C)CC1)[C@H]1CCCC[C@@H]1O. The maximum Gasteiger partial charge on any atom is 0.410 e. The van der Waals surface area contributed by atoms with Crippen LogP contribution >= 0.6 is 0 Å². The summed E-state index contributed by atoms with van der Waals surface area (Å²) < 4.78 is 5.47. The van der Waals surface area contributed by atoms with Gasteiger partial charge in [-0.2, -0.15) is 0 Å². The number of aliphatic hydroxyl groups excluding tert-OH is 1. The Kier molecular flexibility index (Phi) is 6.32. The molecule has 1 heterocycles. The first-order valence-corrected chi connectivity index (χ1v) is 9.23. The molecular weight excluding hydrogens is 292 g/mol. The van der Waals surface area contributed by atoms with Gasteiger partial charge in [0.1, 0.15) is 5.60 Å². The van der Waals surface area contributed by atoms with Crippen LogP contribution in [0.5, 0.6) is 0 Å². The van der Waals surface area contributed by atoms with Gasteiger partial charge >= 0.3 is 6.09 Å². The van der Waals surface area contributed by atoms with E-state index in [2.05, 4.69) is 11.8 Å². The highest BCUT2D eigenvalue weighted by Crippen LogP contribution is 2.28. The van der Waals surface area contributed by atoms with Crippen LogP contribution in [0.25, 0.3) is 0 Å². The average molecular weight is 326 g/mol. The predicted molar refractivity (Wildman–Crippen MR) is 91.5 cm³/mol. The second-order valence-electron chi connectivity index (χ2n) is 7.95. The monoisotopic (exact) mass is 326 g/mol. The van der Waals surface area contributed by atoms with Gasteiger partial charge < -0.3 is 14.7 Å². The summed E-state index contributed by atoms with van der Waals surface area (Å²) in [5.41, 5.74) is -0.435. The minimum absolute atomic E-state index is 0.187. The van der Waals surface area contributed by atoms with Gasteiger partial charge in [-0.05, 0) is 53.0 Å². The Morgan fingerprint density at radius 1 is 1.17 bits per heavy atom. The first-order chi connectivity index (χ1) is 10.8. The van der Waals surface area contributed by atoms with E-state index in [0.29, 0.717) is 12.1 Å². The number of amides is 1. The quantitative estimate of drug-likeness (QED) is 0.866. The summed E-state index contributed by atoms with van der Waals surface area (Å²) in [6, 6.07) is 0.767. The molecule has 2 fully saturated rings. The third-order valence-corrected chi connectivity index (χ3v) is 5.07. The number of aliphatic hydroxyl groups is 1. The fraction of sp³-hybridized carbons (Fsp3) is 0.944. The lowest BCUT2D eigenvalue weighted by Gasteiger charge is -2.44. The molecule has 1 saturated heterocycles. The molecule has 0 radical (unpaired) electrons. The normalized spacial score (nSPS) is 27.3. The molecule has 0 bridgehead atoms. The van der Waals surface area contributed by atoms with Crippen molar-refractivity contribution in [1.29, 1.82) is 0 Å². The number of likely N-dealkylation sites (tertiary alicyclic amines) is 1. The number of carbonyl (C=O) groups excluding carboxylic acids is 1. The van der Waals surface area contributed by atoms with Gasteiger partial charge in [-0.25, -0.2) is 4.79 Å². The summed E-state index contributed by atoms with van der Waals surface area (Å²) in [5.74, 6) is 0. The summed E-state index contributed by atoms with van der Waals surface area (Å²) in [6.45, 7) is 10.4.